The average Bonchev–Trinajstić information content (AvgIpc) is 2.88. The number of urea groups is 1. The third kappa shape index (κ3) is 3.63. The van der Waals surface area contributed by atoms with E-state index in [1.165, 1.54) is 12.3 Å². The van der Waals surface area contributed by atoms with Crippen LogP contribution in [0, 0.1) is 5.92 Å². The first-order chi connectivity index (χ1) is 9.60. The summed E-state index contributed by atoms with van der Waals surface area (Å²) >= 11 is 1.81. The summed E-state index contributed by atoms with van der Waals surface area (Å²) in [6, 6.07) is 3.00. The van der Waals surface area contributed by atoms with Crippen LogP contribution in [0.25, 0.3) is 0 Å². The predicted octanol–water partition coefficient (Wildman–Crippen LogP) is 1.40. The second-order valence-electron chi connectivity index (χ2n) is 4.78. The number of nitrogens with two attached hydrogens (primary N) is 1. The molecular formula is C13H18N4O2S. The van der Waals surface area contributed by atoms with Crippen LogP contribution in [-0.4, -0.2) is 46.9 Å². The van der Waals surface area contributed by atoms with Gasteiger partial charge in [-0.1, -0.05) is 0 Å². The minimum Gasteiger partial charge on any atom is -0.364 e. The zero-order valence-corrected chi connectivity index (χ0v) is 12.2. The van der Waals surface area contributed by atoms with Crippen molar-refractivity contribution in [2.75, 3.05) is 30.4 Å². The number of hydrogen-bond donors (Lipinski definition) is 2. The molecule has 1 atom stereocenters. The Kier molecular flexibility index (Phi) is 4.84. The average molecular weight is 294 g/mol. The maximum atomic E-state index is 12.1. The van der Waals surface area contributed by atoms with Gasteiger partial charge >= 0.3 is 6.03 Å². The van der Waals surface area contributed by atoms with E-state index in [2.05, 4.69) is 16.6 Å². The summed E-state index contributed by atoms with van der Waals surface area (Å²) in [7, 11) is 0. The second-order valence-corrected chi connectivity index (χ2v) is 5.69. The number of rotatable bonds is 4. The lowest BCUT2D eigenvalue weighted by molar-refractivity contribution is 0.0995. The Labute approximate surface area is 122 Å². The van der Waals surface area contributed by atoms with Gasteiger partial charge in [-0.15, -0.1) is 0 Å². The smallest absolute Gasteiger partial charge is 0.321 e. The normalized spacial score (nSPS) is 18.1. The zero-order valence-electron chi connectivity index (χ0n) is 11.3. The molecule has 1 aromatic heterocycles. The van der Waals surface area contributed by atoms with Crippen molar-refractivity contribution in [1.82, 2.24) is 9.88 Å². The van der Waals surface area contributed by atoms with Gasteiger partial charge in [-0.3, -0.25) is 4.79 Å². The SMILES string of the molecule is CSC[C@@H]1CCN(C(=O)Nc2ccc(C(N)=O)nc2)C1. The van der Waals surface area contributed by atoms with Crippen molar-refractivity contribution in [2.24, 2.45) is 11.7 Å². The van der Waals surface area contributed by atoms with Gasteiger partial charge in [-0.05, 0) is 36.5 Å². The highest BCUT2D eigenvalue weighted by Crippen LogP contribution is 2.20. The van der Waals surface area contributed by atoms with Gasteiger partial charge in [0.15, 0.2) is 0 Å². The number of pyridine rings is 1. The molecule has 2 heterocycles. The van der Waals surface area contributed by atoms with E-state index < -0.39 is 5.91 Å². The number of amides is 3. The van der Waals surface area contributed by atoms with Crippen LogP contribution >= 0.6 is 11.8 Å². The second kappa shape index (κ2) is 6.60. The van der Waals surface area contributed by atoms with Crippen LogP contribution in [0.4, 0.5) is 10.5 Å². The van der Waals surface area contributed by atoms with Crippen LogP contribution in [-0.2, 0) is 0 Å². The van der Waals surface area contributed by atoms with Crippen LogP contribution in [0.2, 0.25) is 0 Å². The van der Waals surface area contributed by atoms with E-state index in [0.717, 1.165) is 25.3 Å². The van der Waals surface area contributed by atoms with E-state index in [1.54, 1.807) is 6.07 Å². The standard InChI is InChI=1S/C13H18N4O2S/c1-20-8-9-4-5-17(7-9)13(19)16-10-2-3-11(12(14)18)15-6-10/h2-3,6,9H,4-5,7-8H2,1H3,(H2,14,18)(H,16,19)/t9-/m1/s1. The summed E-state index contributed by atoms with van der Waals surface area (Å²) in [5.74, 6) is 1.08. The monoisotopic (exact) mass is 294 g/mol. The molecule has 0 radical (unpaired) electrons. The summed E-state index contributed by atoms with van der Waals surface area (Å²) in [4.78, 5) is 28.7. The quantitative estimate of drug-likeness (QED) is 0.878. The fourth-order valence-corrected chi connectivity index (χ4v) is 2.95. The number of aromatic nitrogens is 1. The number of nitrogens with one attached hydrogen (secondary N) is 1. The van der Waals surface area contributed by atoms with Gasteiger partial charge in [-0.25, -0.2) is 9.78 Å². The number of primary amides is 1. The number of thioether (sulfide) groups is 1. The largest absolute Gasteiger partial charge is 0.364 e. The Bertz CT molecular complexity index is 492. The Balaban J connectivity index is 1.90. The Morgan fingerprint density at radius 2 is 2.35 bits per heavy atom. The van der Waals surface area contributed by atoms with Crippen LogP contribution in [0.3, 0.4) is 0 Å². The number of anilines is 1. The van der Waals surface area contributed by atoms with E-state index in [1.807, 2.05) is 16.7 Å². The molecule has 0 aliphatic carbocycles. The van der Waals surface area contributed by atoms with Crippen LogP contribution in [0.15, 0.2) is 18.3 Å². The molecule has 3 amide bonds. The molecule has 1 aromatic rings. The number of carbonyl (C=O) groups is 2. The van der Waals surface area contributed by atoms with Crippen molar-refractivity contribution in [1.29, 1.82) is 0 Å². The van der Waals surface area contributed by atoms with Crippen LogP contribution < -0.4 is 11.1 Å². The number of hydrogen-bond acceptors (Lipinski definition) is 4. The lowest BCUT2D eigenvalue weighted by Crippen LogP contribution is -2.33. The Hall–Kier alpha value is -1.76. The molecule has 7 heteroatoms. The molecule has 0 unspecified atom stereocenters. The summed E-state index contributed by atoms with van der Waals surface area (Å²) in [5, 5.41) is 2.78. The van der Waals surface area contributed by atoms with Crippen molar-refractivity contribution >= 4 is 29.4 Å². The molecule has 1 aliphatic heterocycles. The molecule has 0 aromatic carbocycles. The maximum absolute atomic E-state index is 12.1. The van der Waals surface area contributed by atoms with Crippen molar-refractivity contribution in [3.05, 3.63) is 24.0 Å². The summed E-state index contributed by atoms with van der Waals surface area (Å²) in [6.45, 7) is 1.57. The zero-order chi connectivity index (χ0) is 14.5. The molecule has 6 nitrogen and oxygen atoms in total. The van der Waals surface area contributed by atoms with E-state index in [-0.39, 0.29) is 11.7 Å². The van der Waals surface area contributed by atoms with Crippen molar-refractivity contribution < 1.29 is 9.59 Å². The minimum absolute atomic E-state index is 0.123. The molecule has 3 N–H and O–H groups in total. The topological polar surface area (TPSA) is 88.3 Å². The van der Waals surface area contributed by atoms with E-state index in [9.17, 15) is 9.59 Å². The fraction of sp³-hybridized carbons (Fsp3) is 0.462. The van der Waals surface area contributed by atoms with E-state index in [0.29, 0.717) is 11.6 Å². The highest BCUT2D eigenvalue weighted by molar-refractivity contribution is 7.98. The Morgan fingerprint density at radius 1 is 1.55 bits per heavy atom. The molecule has 108 valence electrons. The van der Waals surface area contributed by atoms with Crippen molar-refractivity contribution in [3.63, 3.8) is 0 Å². The van der Waals surface area contributed by atoms with Crippen molar-refractivity contribution in [3.8, 4) is 0 Å². The van der Waals surface area contributed by atoms with Gasteiger partial charge in [0.1, 0.15) is 5.69 Å². The number of nitrogens with zero attached hydrogens (tertiary/aromatic N) is 2. The number of carbonyl (C=O) groups excluding carboxylic acids is 2. The third-order valence-corrected chi connectivity index (χ3v) is 4.05. The molecule has 1 fully saturated rings. The molecule has 0 bridgehead atoms. The fourth-order valence-electron chi connectivity index (χ4n) is 2.20. The van der Waals surface area contributed by atoms with Crippen molar-refractivity contribution in [2.45, 2.75) is 6.42 Å². The summed E-state index contributed by atoms with van der Waals surface area (Å²) in [5.41, 5.74) is 5.86. The minimum atomic E-state index is -0.581. The van der Waals surface area contributed by atoms with Gasteiger partial charge in [0.25, 0.3) is 5.91 Å². The summed E-state index contributed by atoms with van der Waals surface area (Å²) < 4.78 is 0. The molecule has 0 spiro atoms. The third-order valence-electron chi connectivity index (χ3n) is 3.24. The predicted molar refractivity (Wildman–Crippen MR) is 79.8 cm³/mol. The highest BCUT2D eigenvalue weighted by atomic mass is 32.2. The molecular weight excluding hydrogens is 276 g/mol. The first kappa shape index (κ1) is 14.6. The van der Waals surface area contributed by atoms with E-state index in [4.69, 9.17) is 5.73 Å². The molecule has 2 rings (SSSR count). The maximum Gasteiger partial charge on any atom is 0.321 e. The van der Waals surface area contributed by atoms with Gasteiger partial charge in [0.2, 0.25) is 0 Å². The molecule has 1 saturated heterocycles. The molecule has 20 heavy (non-hydrogen) atoms. The molecule has 1 aliphatic rings. The van der Waals surface area contributed by atoms with Crippen LogP contribution in [0.1, 0.15) is 16.9 Å². The van der Waals surface area contributed by atoms with Crippen LogP contribution in [0.5, 0.6) is 0 Å². The number of likely N-dealkylation sites (tertiary alicyclic amines) is 1. The molecule has 0 saturated carbocycles. The lowest BCUT2D eigenvalue weighted by Gasteiger charge is -2.17. The van der Waals surface area contributed by atoms with E-state index >= 15 is 0 Å². The Morgan fingerprint density at radius 3 is 2.95 bits per heavy atom. The first-order valence-corrected chi connectivity index (χ1v) is 7.80. The van der Waals surface area contributed by atoms with Gasteiger partial charge in [0.05, 0.1) is 11.9 Å². The first-order valence-electron chi connectivity index (χ1n) is 6.41. The lowest BCUT2D eigenvalue weighted by atomic mass is 10.2. The summed E-state index contributed by atoms with van der Waals surface area (Å²) in [6.07, 6.45) is 4.56. The van der Waals surface area contributed by atoms with Gasteiger partial charge in [-0.2, -0.15) is 11.8 Å². The van der Waals surface area contributed by atoms with Gasteiger partial charge < -0.3 is 16.0 Å². The highest BCUT2D eigenvalue weighted by Gasteiger charge is 2.25. The van der Waals surface area contributed by atoms with Gasteiger partial charge in [0, 0.05) is 13.1 Å².